The van der Waals surface area contributed by atoms with Gasteiger partial charge in [-0.3, -0.25) is 9.69 Å². The van der Waals surface area contributed by atoms with Gasteiger partial charge in [-0.15, -0.1) is 0 Å². The lowest BCUT2D eigenvalue weighted by Gasteiger charge is -2.43. The highest BCUT2D eigenvalue weighted by Crippen LogP contribution is 2.33. The molecule has 2 aliphatic rings. The zero-order valence-electron chi connectivity index (χ0n) is 16.8. The summed E-state index contributed by atoms with van der Waals surface area (Å²) in [4.78, 5) is 20.9. The molecule has 6 heteroatoms. The first-order valence-electron chi connectivity index (χ1n) is 10.3. The number of benzene rings is 1. The highest BCUT2D eigenvalue weighted by molar-refractivity contribution is 5.88. The van der Waals surface area contributed by atoms with Crippen molar-refractivity contribution in [2.24, 2.45) is 5.41 Å². The van der Waals surface area contributed by atoms with Crippen LogP contribution in [-0.2, 0) is 20.7 Å². The number of rotatable bonds is 5. The number of carbonyl (C=O) groups is 1. The summed E-state index contributed by atoms with van der Waals surface area (Å²) in [5.41, 5.74) is 2.21. The Morgan fingerprint density at radius 3 is 3.07 bits per heavy atom. The second-order valence-electron chi connectivity index (χ2n) is 8.28. The van der Waals surface area contributed by atoms with Gasteiger partial charge in [0.05, 0.1) is 26.2 Å². The predicted octanol–water partition coefficient (Wildman–Crippen LogP) is 2.30. The van der Waals surface area contributed by atoms with E-state index in [2.05, 4.69) is 26.9 Å². The molecule has 152 valence electrons. The molecule has 4 rings (SSSR count). The van der Waals surface area contributed by atoms with Gasteiger partial charge in [0, 0.05) is 62.3 Å². The molecule has 2 saturated heterocycles. The molecule has 1 atom stereocenters. The van der Waals surface area contributed by atoms with Crippen LogP contribution in [0.15, 0.2) is 30.5 Å². The Hall–Kier alpha value is -1.89. The summed E-state index contributed by atoms with van der Waals surface area (Å²) in [5.74, 6) is 0.219. The monoisotopic (exact) mass is 385 g/mol. The lowest BCUT2D eigenvalue weighted by Crippen LogP contribution is -2.52. The SMILES string of the molecule is COCCN1CCOC[C@]2(CCCN(C(=O)Cc3c[nH]c4ccccc34)C2)C1. The predicted molar refractivity (Wildman–Crippen MR) is 109 cm³/mol. The Labute approximate surface area is 166 Å². The van der Waals surface area contributed by atoms with Crippen molar-refractivity contribution in [2.75, 3.05) is 59.7 Å². The van der Waals surface area contributed by atoms with E-state index in [1.807, 2.05) is 18.3 Å². The van der Waals surface area contributed by atoms with Crippen molar-refractivity contribution >= 4 is 16.8 Å². The summed E-state index contributed by atoms with van der Waals surface area (Å²) in [5, 5.41) is 1.14. The number of fused-ring (bicyclic) bond motifs is 1. The molecule has 0 saturated carbocycles. The molecule has 2 fully saturated rings. The molecule has 2 aliphatic heterocycles. The minimum atomic E-state index is 0.0400. The largest absolute Gasteiger partial charge is 0.383 e. The zero-order chi connectivity index (χ0) is 19.4. The Balaban J connectivity index is 1.44. The van der Waals surface area contributed by atoms with Gasteiger partial charge >= 0.3 is 0 Å². The number of piperidine rings is 1. The lowest BCUT2D eigenvalue weighted by atomic mass is 9.80. The quantitative estimate of drug-likeness (QED) is 0.858. The molecule has 1 aromatic heterocycles. The Morgan fingerprint density at radius 1 is 1.29 bits per heavy atom. The van der Waals surface area contributed by atoms with Crippen LogP contribution in [0.1, 0.15) is 18.4 Å². The van der Waals surface area contributed by atoms with Crippen molar-refractivity contribution in [3.8, 4) is 0 Å². The van der Waals surface area contributed by atoms with Crippen molar-refractivity contribution in [1.29, 1.82) is 0 Å². The standard InChI is InChI=1S/C22H31N3O3/c1-27-11-9-24-10-12-28-17-22(15-24)7-4-8-25(16-22)21(26)13-18-14-23-20-6-3-2-5-19(18)20/h2-3,5-6,14,23H,4,7-13,15-17H2,1H3/t22-/m1/s1. The first-order chi connectivity index (χ1) is 13.7. The first-order valence-corrected chi connectivity index (χ1v) is 10.3. The lowest BCUT2D eigenvalue weighted by molar-refractivity contribution is -0.135. The molecule has 0 bridgehead atoms. The van der Waals surface area contributed by atoms with Crippen LogP contribution in [0.3, 0.4) is 0 Å². The molecular formula is C22H31N3O3. The van der Waals surface area contributed by atoms with Crippen molar-refractivity contribution in [3.63, 3.8) is 0 Å². The van der Waals surface area contributed by atoms with Crippen molar-refractivity contribution in [2.45, 2.75) is 19.3 Å². The number of likely N-dealkylation sites (tertiary alicyclic amines) is 1. The van der Waals surface area contributed by atoms with Gasteiger partial charge in [0.2, 0.25) is 5.91 Å². The average Bonchev–Trinajstić information content (AvgIpc) is 3.02. The van der Waals surface area contributed by atoms with E-state index in [4.69, 9.17) is 9.47 Å². The smallest absolute Gasteiger partial charge is 0.227 e. The van der Waals surface area contributed by atoms with E-state index in [9.17, 15) is 4.79 Å². The third-order valence-corrected chi connectivity index (χ3v) is 6.16. The van der Waals surface area contributed by atoms with E-state index in [0.29, 0.717) is 6.42 Å². The number of para-hydroxylation sites is 1. The van der Waals surface area contributed by atoms with Crippen LogP contribution in [0.25, 0.3) is 10.9 Å². The van der Waals surface area contributed by atoms with Gasteiger partial charge in [0.25, 0.3) is 0 Å². The molecular weight excluding hydrogens is 354 g/mol. The molecule has 3 heterocycles. The molecule has 0 aliphatic carbocycles. The number of carbonyl (C=O) groups excluding carboxylic acids is 1. The van der Waals surface area contributed by atoms with E-state index in [0.717, 1.165) is 81.9 Å². The van der Waals surface area contributed by atoms with Gasteiger partial charge in [-0.05, 0) is 24.5 Å². The second kappa shape index (κ2) is 8.64. The summed E-state index contributed by atoms with van der Waals surface area (Å²) >= 11 is 0. The minimum Gasteiger partial charge on any atom is -0.383 e. The number of hydrogen-bond donors (Lipinski definition) is 1. The first kappa shape index (κ1) is 19.4. The van der Waals surface area contributed by atoms with Gasteiger partial charge in [0.15, 0.2) is 0 Å². The van der Waals surface area contributed by atoms with Crippen LogP contribution in [-0.4, -0.2) is 80.3 Å². The van der Waals surface area contributed by atoms with Gasteiger partial charge in [-0.25, -0.2) is 0 Å². The van der Waals surface area contributed by atoms with E-state index < -0.39 is 0 Å². The number of ether oxygens (including phenoxy) is 2. The fraction of sp³-hybridized carbons (Fsp3) is 0.591. The Bertz CT molecular complexity index is 805. The molecule has 1 aromatic carbocycles. The average molecular weight is 386 g/mol. The Morgan fingerprint density at radius 2 is 2.18 bits per heavy atom. The second-order valence-corrected chi connectivity index (χ2v) is 8.28. The number of aromatic nitrogens is 1. The maximum absolute atomic E-state index is 13.1. The number of hydrogen-bond acceptors (Lipinski definition) is 4. The maximum Gasteiger partial charge on any atom is 0.227 e. The van der Waals surface area contributed by atoms with E-state index in [1.165, 1.54) is 0 Å². The molecule has 2 aromatic rings. The maximum atomic E-state index is 13.1. The fourth-order valence-corrected chi connectivity index (χ4v) is 4.71. The number of nitrogens with zero attached hydrogens (tertiary/aromatic N) is 2. The number of aromatic amines is 1. The van der Waals surface area contributed by atoms with Crippen LogP contribution < -0.4 is 0 Å². The van der Waals surface area contributed by atoms with E-state index >= 15 is 0 Å². The van der Waals surface area contributed by atoms with Crippen LogP contribution >= 0.6 is 0 Å². The molecule has 28 heavy (non-hydrogen) atoms. The van der Waals surface area contributed by atoms with Crippen LogP contribution in [0, 0.1) is 5.41 Å². The molecule has 1 amide bonds. The van der Waals surface area contributed by atoms with Crippen molar-refractivity contribution in [1.82, 2.24) is 14.8 Å². The zero-order valence-corrected chi connectivity index (χ0v) is 16.8. The third kappa shape index (κ3) is 4.24. The van der Waals surface area contributed by atoms with Gasteiger partial charge < -0.3 is 19.4 Å². The van der Waals surface area contributed by atoms with E-state index in [-0.39, 0.29) is 11.3 Å². The third-order valence-electron chi connectivity index (χ3n) is 6.16. The van der Waals surface area contributed by atoms with Crippen LogP contribution in [0.2, 0.25) is 0 Å². The van der Waals surface area contributed by atoms with Crippen LogP contribution in [0.5, 0.6) is 0 Å². The van der Waals surface area contributed by atoms with Crippen LogP contribution in [0.4, 0.5) is 0 Å². The number of nitrogens with one attached hydrogen (secondary N) is 1. The molecule has 0 unspecified atom stereocenters. The molecule has 0 radical (unpaired) electrons. The van der Waals surface area contributed by atoms with Gasteiger partial charge in [0.1, 0.15) is 0 Å². The van der Waals surface area contributed by atoms with E-state index in [1.54, 1.807) is 7.11 Å². The summed E-state index contributed by atoms with van der Waals surface area (Å²) in [6, 6.07) is 8.17. The van der Waals surface area contributed by atoms with Gasteiger partial charge in [-0.2, -0.15) is 0 Å². The normalized spacial score (nSPS) is 24.0. The summed E-state index contributed by atoms with van der Waals surface area (Å²) in [6.07, 6.45) is 4.59. The minimum absolute atomic E-state index is 0.0400. The number of H-pyrrole nitrogens is 1. The summed E-state index contributed by atoms with van der Waals surface area (Å²) < 4.78 is 11.2. The summed E-state index contributed by atoms with van der Waals surface area (Å²) in [7, 11) is 1.75. The number of methoxy groups -OCH3 is 1. The topological polar surface area (TPSA) is 57.8 Å². The summed E-state index contributed by atoms with van der Waals surface area (Å²) in [6.45, 7) is 6.71. The van der Waals surface area contributed by atoms with Crippen molar-refractivity contribution < 1.29 is 14.3 Å². The highest BCUT2D eigenvalue weighted by Gasteiger charge is 2.40. The Kier molecular flexibility index (Phi) is 5.99. The molecule has 1 N–H and O–H groups in total. The van der Waals surface area contributed by atoms with Crippen molar-refractivity contribution in [3.05, 3.63) is 36.0 Å². The van der Waals surface area contributed by atoms with Gasteiger partial charge in [-0.1, -0.05) is 18.2 Å². The number of amides is 1. The highest BCUT2D eigenvalue weighted by atomic mass is 16.5. The molecule has 1 spiro atoms. The molecule has 6 nitrogen and oxygen atoms in total. The fourth-order valence-electron chi connectivity index (χ4n) is 4.71.